The SMILES string of the molecule is CCOC(=O)Oc1ccc(C(=O)NCCCNC(=O)COc2ccccc2OCC)cc1. The molecular weight excluding hydrogens is 416 g/mol. The van der Waals surface area contributed by atoms with Crippen LogP contribution in [0.3, 0.4) is 0 Å². The zero-order valence-corrected chi connectivity index (χ0v) is 18.2. The van der Waals surface area contributed by atoms with Gasteiger partial charge < -0.3 is 29.6 Å². The predicted molar refractivity (Wildman–Crippen MR) is 117 cm³/mol. The summed E-state index contributed by atoms with van der Waals surface area (Å²) in [5.74, 6) is 0.852. The van der Waals surface area contributed by atoms with E-state index in [1.807, 2.05) is 13.0 Å². The smallest absolute Gasteiger partial charge is 0.490 e. The van der Waals surface area contributed by atoms with Crippen molar-refractivity contribution in [1.29, 1.82) is 0 Å². The monoisotopic (exact) mass is 444 g/mol. The third-order valence-electron chi connectivity index (χ3n) is 4.05. The first kappa shape index (κ1) is 24.5. The summed E-state index contributed by atoms with van der Waals surface area (Å²) >= 11 is 0. The number of carbonyl (C=O) groups excluding carboxylic acids is 3. The summed E-state index contributed by atoms with van der Waals surface area (Å²) in [7, 11) is 0. The molecule has 0 heterocycles. The van der Waals surface area contributed by atoms with Crippen molar-refractivity contribution in [2.24, 2.45) is 0 Å². The van der Waals surface area contributed by atoms with Crippen molar-refractivity contribution in [1.82, 2.24) is 10.6 Å². The van der Waals surface area contributed by atoms with E-state index in [0.717, 1.165) is 0 Å². The molecule has 2 amide bonds. The second kappa shape index (κ2) is 13.5. The average Bonchev–Trinajstić information content (AvgIpc) is 2.79. The van der Waals surface area contributed by atoms with Crippen LogP contribution in [0.1, 0.15) is 30.6 Å². The Morgan fingerprint density at radius 2 is 1.47 bits per heavy atom. The van der Waals surface area contributed by atoms with Crippen LogP contribution in [0, 0.1) is 0 Å². The maximum atomic E-state index is 12.2. The Morgan fingerprint density at radius 1 is 0.812 bits per heavy atom. The first-order chi connectivity index (χ1) is 15.5. The van der Waals surface area contributed by atoms with Crippen LogP contribution < -0.4 is 24.8 Å². The van der Waals surface area contributed by atoms with E-state index in [1.54, 1.807) is 37.3 Å². The van der Waals surface area contributed by atoms with E-state index in [0.29, 0.717) is 43.2 Å². The van der Waals surface area contributed by atoms with Gasteiger partial charge in [-0.3, -0.25) is 9.59 Å². The zero-order valence-electron chi connectivity index (χ0n) is 18.2. The van der Waals surface area contributed by atoms with Crippen LogP contribution >= 0.6 is 0 Å². The van der Waals surface area contributed by atoms with Crippen LogP contribution in [0.25, 0.3) is 0 Å². The molecule has 0 atom stereocenters. The van der Waals surface area contributed by atoms with Gasteiger partial charge in [-0.05, 0) is 56.7 Å². The quantitative estimate of drug-likeness (QED) is 0.294. The lowest BCUT2D eigenvalue weighted by molar-refractivity contribution is -0.123. The second-order valence-corrected chi connectivity index (χ2v) is 6.44. The second-order valence-electron chi connectivity index (χ2n) is 6.44. The molecule has 0 saturated carbocycles. The Labute approximate surface area is 187 Å². The fraction of sp³-hybridized carbons (Fsp3) is 0.348. The van der Waals surface area contributed by atoms with Crippen molar-refractivity contribution in [3.8, 4) is 17.2 Å². The Hall–Kier alpha value is -3.75. The van der Waals surface area contributed by atoms with E-state index in [-0.39, 0.29) is 30.8 Å². The molecule has 0 spiro atoms. The largest absolute Gasteiger partial charge is 0.513 e. The summed E-state index contributed by atoms with van der Waals surface area (Å²) in [6.07, 6.45) is -0.243. The van der Waals surface area contributed by atoms with Crippen LogP contribution in [-0.4, -0.2) is 50.9 Å². The fourth-order valence-corrected chi connectivity index (χ4v) is 2.58. The average molecular weight is 444 g/mol. The molecule has 0 saturated heterocycles. The van der Waals surface area contributed by atoms with Gasteiger partial charge in [-0.1, -0.05) is 12.1 Å². The van der Waals surface area contributed by atoms with Crippen LogP contribution in [0.5, 0.6) is 17.2 Å². The molecule has 0 aliphatic heterocycles. The highest BCUT2D eigenvalue weighted by molar-refractivity contribution is 5.94. The van der Waals surface area contributed by atoms with Gasteiger partial charge in [0, 0.05) is 18.7 Å². The van der Waals surface area contributed by atoms with Gasteiger partial charge in [-0.2, -0.15) is 0 Å². The van der Waals surface area contributed by atoms with Gasteiger partial charge in [0.1, 0.15) is 5.75 Å². The number of para-hydroxylation sites is 2. The van der Waals surface area contributed by atoms with Crippen molar-refractivity contribution in [3.63, 3.8) is 0 Å². The molecule has 0 aliphatic carbocycles. The van der Waals surface area contributed by atoms with Gasteiger partial charge >= 0.3 is 6.16 Å². The molecule has 32 heavy (non-hydrogen) atoms. The van der Waals surface area contributed by atoms with Crippen molar-refractivity contribution in [2.45, 2.75) is 20.3 Å². The van der Waals surface area contributed by atoms with Gasteiger partial charge in [-0.25, -0.2) is 4.79 Å². The van der Waals surface area contributed by atoms with Crippen molar-refractivity contribution < 1.29 is 33.3 Å². The lowest BCUT2D eigenvalue weighted by Gasteiger charge is -2.11. The number of benzene rings is 2. The molecule has 0 fully saturated rings. The normalized spacial score (nSPS) is 10.1. The topological polar surface area (TPSA) is 112 Å². The van der Waals surface area contributed by atoms with Gasteiger partial charge in [-0.15, -0.1) is 0 Å². The van der Waals surface area contributed by atoms with Gasteiger partial charge in [0.2, 0.25) is 0 Å². The lowest BCUT2D eigenvalue weighted by Crippen LogP contribution is -2.32. The Kier molecular flexibility index (Phi) is 10.4. The zero-order chi connectivity index (χ0) is 23.2. The number of ether oxygens (including phenoxy) is 4. The number of carbonyl (C=O) groups is 3. The first-order valence-corrected chi connectivity index (χ1v) is 10.4. The van der Waals surface area contributed by atoms with Crippen molar-refractivity contribution in [3.05, 3.63) is 54.1 Å². The summed E-state index contributed by atoms with van der Waals surface area (Å²) in [4.78, 5) is 35.4. The minimum absolute atomic E-state index is 0.128. The molecule has 0 aliphatic rings. The number of nitrogens with one attached hydrogen (secondary N) is 2. The maximum Gasteiger partial charge on any atom is 0.513 e. The standard InChI is InChI=1S/C23H28N2O7/c1-3-29-19-8-5-6-9-20(19)31-16-21(26)24-14-7-15-25-22(27)17-10-12-18(13-11-17)32-23(28)30-4-2/h5-6,8-13H,3-4,7,14-16H2,1-2H3,(H,24,26)(H,25,27). The minimum Gasteiger partial charge on any atom is -0.490 e. The van der Waals surface area contributed by atoms with E-state index in [1.165, 1.54) is 12.1 Å². The van der Waals surface area contributed by atoms with E-state index >= 15 is 0 Å². The molecule has 0 aromatic heterocycles. The van der Waals surface area contributed by atoms with Crippen molar-refractivity contribution in [2.75, 3.05) is 32.9 Å². The molecule has 9 heteroatoms. The molecule has 2 N–H and O–H groups in total. The highest BCUT2D eigenvalue weighted by Gasteiger charge is 2.09. The summed E-state index contributed by atoms with van der Waals surface area (Å²) in [6, 6.07) is 13.3. The molecule has 2 aromatic carbocycles. The third kappa shape index (κ3) is 8.55. The Bertz CT molecular complexity index is 884. The summed E-state index contributed by atoms with van der Waals surface area (Å²) in [5, 5.41) is 5.50. The van der Waals surface area contributed by atoms with Crippen LogP contribution in [0.2, 0.25) is 0 Å². The third-order valence-corrected chi connectivity index (χ3v) is 4.05. The predicted octanol–water partition coefficient (Wildman–Crippen LogP) is 2.94. The highest BCUT2D eigenvalue weighted by Crippen LogP contribution is 2.26. The van der Waals surface area contributed by atoms with Gasteiger partial charge in [0.05, 0.1) is 13.2 Å². The summed E-state index contributed by atoms with van der Waals surface area (Å²) < 4.78 is 20.6. The maximum absolute atomic E-state index is 12.2. The molecular formula is C23H28N2O7. The molecule has 0 radical (unpaired) electrons. The van der Waals surface area contributed by atoms with Crippen LogP contribution in [0.4, 0.5) is 4.79 Å². The number of rotatable bonds is 12. The molecule has 0 bridgehead atoms. The lowest BCUT2D eigenvalue weighted by atomic mass is 10.2. The molecule has 2 rings (SSSR count). The molecule has 2 aromatic rings. The Balaban J connectivity index is 1.63. The Morgan fingerprint density at radius 3 is 2.12 bits per heavy atom. The number of hydrogen-bond donors (Lipinski definition) is 2. The fourth-order valence-electron chi connectivity index (χ4n) is 2.58. The van der Waals surface area contributed by atoms with Crippen molar-refractivity contribution >= 4 is 18.0 Å². The molecule has 9 nitrogen and oxygen atoms in total. The van der Waals surface area contributed by atoms with Crippen LogP contribution in [0.15, 0.2) is 48.5 Å². The van der Waals surface area contributed by atoms with Gasteiger partial charge in [0.15, 0.2) is 18.1 Å². The van der Waals surface area contributed by atoms with E-state index in [9.17, 15) is 14.4 Å². The molecule has 172 valence electrons. The minimum atomic E-state index is -0.796. The van der Waals surface area contributed by atoms with Gasteiger partial charge in [0.25, 0.3) is 11.8 Å². The summed E-state index contributed by atoms with van der Waals surface area (Å²) in [5.41, 5.74) is 0.423. The first-order valence-electron chi connectivity index (χ1n) is 10.4. The number of amides is 2. The van der Waals surface area contributed by atoms with E-state index in [2.05, 4.69) is 15.4 Å². The van der Waals surface area contributed by atoms with Crippen LogP contribution in [-0.2, 0) is 9.53 Å². The van der Waals surface area contributed by atoms with E-state index in [4.69, 9.17) is 14.2 Å². The number of hydrogen-bond acceptors (Lipinski definition) is 7. The summed E-state index contributed by atoms with van der Waals surface area (Å²) in [6.45, 7) is 4.92. The molecule has 0 unspecified atom stereocenters. The highest BCUT2D eigenvalue weighted by atomic mass is 16.7. The van der Waals surface area contributed by atoms with E-state index < -0.39 is 6.16 Å².